The minimum atomic E-state index is -3.11. The van der Waals surface area contributed by atoms with Crippen LogP contribution in [0.5, 0.6) is 0 Å². The number of sulfone groups is 1. The van der Waals surface area contributed by atoms with E-state index in [-0.39, 0.29) is 33.9 Å². The highest BCUT2D eigenvalue weighted by atomic mass is 35.5. The molecule has 0 spiro atoms. The van der Waals surface area contributed by atoms with Crippen molar-refractivity contribution in [2.24, 2.45) is 5.92 Å². The van der Waals surface area contributed by atoms with Crippen molar-refractivity contribution in [3.63, 3.8) is 0 Å². The first-order chi connectivity index (χ1) is 11.8. The van der Waals surface area contributed by atoms with E-state index in [0.29, 0.717) is 32.6 Å². The van der Waals surface area contributed by atoms with Crippen molar-refractivity contribution in [3.05, 3.63) is 34.6 Å². The molecule has 25 heavy (non-hydrogen) atoms. The highest BCUT2D eigenvalue weighted by Gasteiger charge is 2.36. The molecule has 6 nitrogen and oxygen atoms in total. The van der Waals surface area contributed by atoms with Gasteiger partial charge in [0, 0.05) is 26.2 Å². The van der Waals surface area contributed by atoms with E-state index in [1.807, 2.05) is 0 Å². The van der Waals surface area contributed by atoms with Crippen LogP contribution in [-0.2, 0) is 14.6 Å². The van der Waals surface area contributed by atoms with Crippen molar-refractivity contribution in [1.82, 2.24) is 9.80 Å². The molecule has 2 aliphatic heterocycles. The van der Waals surface area contributed by atoms with Crippen LogP contribution in [0.3, 0.4) is 0 Å². The average Bonchev–Trinajstić information content (AvgIpc) is 2.94. The number of nitrogens with zero attached hydrogens (tertiary/aromatic N) is 2. The first-order valence-electron chi connectivity index (χ1n) is 8.00. The van der Waals surface area contributed by atoms with Gasteiger partial charge in [0.1, 0.15) is 5.82 Å². The zero-order valence-electron chi connectivity index (χ0n) is 13.5. The Morgan fingerprint density at radius 2 is 1.76 bits per heavy atom. The predicted molar refractivity (Wildman–Crippen MR) is 90.7 cm³/mol. The van der Waals surface area contributed by atoms with Gasteiger partial charge in [-0.1, -0.05) is 11.6 Å². The van der Waals surface area contributed by atoms with Crippen LogP contribution < -0.4 is 0 Å². The fraction of sp³-hybridized carbons (Fsp3) is 0.500. The first kappa shape index (κ1) is 18.1. The molecule has 2 fully saturated rings. The summed E-state index contributed by atoms with van der Waals surface area (Å²) in [6.07, 6.45) is 0.367. The van der Waals surface area contributed by atoms with Crippen LogP contribution in [0.25, 0.3) is 0 Å². The lowest BCUT2D eigenvalue weighted by Crippen LogP contribution is -2.52. The number of amides is 2. The molecule has 136 valence electrons. The quantitative estimate of drug-likeness (QED) is 0.763. The topological polar surface area (TPSA) is 74.8 Å². The number of hydrogen-bond donors (Lipinski definition) is 0. The summed E-state index contributed by atoms with van der Waals surface area (Å²) >= 11 is 5.93. The van der Waals surface area contributed by atoms with Crippen LogP contribution in [0.15, 0.2) is 18.2 Å². The van der Waals surface area contributed by atoms with E-state index in [0.717, 1.165) is 6.07 Å². The predicted octanol–water partition coefficient (Wildman–Crippen LogP) is 1.20. The summed E-state index contributed by atoms with van der Waals surface area (Å²) < 4.78 is 36.1. The van der Waals surface area contributed by atoms with Crippen molar-refractivity contribution in [1.29, 1.82) is 0 Å². The molecular weight excluding hydrogens is 371 g/mol. The Bertz CT molecular complexity index is 806. The summed E-state index contributed by atoms with van der Waals surface area (Å²) in [5.41, 5.74) is 0.227. The summed E-state index contributed by atoms with van der Waals surface area (Å²) in [5, 5.41) is 0.0552. The summed E-state index contributed by atoms with van der Waals surface area (Å²) in [6, 6.07) is 3.62. The van der Waals surface area contributed by atoms with Gasteiger partial charge in [-0.2, -0.15) is 0 Å². The van der Waals surface area contributed by atoms with Gasteiger partial charge in [0.05, 0.1) is 28.0 Å². The van der Waals surface area contributed by atoms with E-state index >= 15 is 0 Å². The fourth-order valence-corrected chi connectivity index (χ4v) is 5.19. The molecule has 0 aliphatic carbocycles. The number of halogens is 2. The van der Waals surface area contributed by atoms with Crippen LogP contribution >= 0.6 is 11.6 Å². The van der Waals surface area contributed by atoms with E-state index in [9.17, 15) is 22.4 Å². The zero-order valence-corrected chi connectivity index (χ0v) is 15.0. The van der Waals surface area contributed by atoms with Gasteiger partial charge < -0.3 is 9.80 Å². The molecule has 0 saturated carbocycles. The largest absolute Gasteiger partial charge is 0.339 e. The van der Waals surface area contributed by atoms with Crippen LogP contribution in [0.1, 0.15) is 16.8 Å². The SMILES string of the molecule is O=C(c1ccc(F)cc1Cl)N1CCN(C(=O)C2CCS(=O)(=O)C2)CC1. The molecular formula is C16H18ClFN2O4S. The second-order valence-corrected chi connectivity index (χ2v) is 8.98. The van der Waals surface area contributed by atoms with Gasteiger partial charge in [-0.15, -0.1) is 0 Å². The van der Waals surface area contributed by atoms with Crippen molar-refractivity contribution in [2.75, 3.05) is 37.7 Å². The number of piperazine rings is 1. The van der Waals surface area contributed by atoms with Crippen LogP contribution in [0, 0.1) is 11.7 Å². The Morgan fingerprint density at radius 1 is 1.12 bits per heavy atom. The third-order valence-corrected chi connectivity index (χ3v) is 6.70. The summed E-state index contributed by atoms with van der Waals surface area (Å²) in [7, 11) is -3.11. The van der Waals surface area contributed by atoms with Crippen LogP contribution in [0.4, 0.5) is 4.39 Å². The Kier molecular flexibility index (Phi) is 5.02. The Morgan fingerprint density at radius 3 is 2.32 bits per heavy atom. The van der Waals surface area contributed by atoms with Crippen molar-refractivity contribution in [2.45, 2.75) is 6.42 Å². The molecule has 0 aromatic heterocycles. The molecule has 2 saturated heterocycles. The maximum atomic E-state index is 13.1. The summed E-state index contributed by atoms with van der Waals surface area (Å²) in [6.45, 7) is 1.36. The first-order valence-corrected chi connectivity index (χ1v) is 10.2. The molecule has 2 heterocycles. The third kappa shape index (κ3) is 3.95. The Balaban J connectivity index is 1.60. The summed E-state index contributed by atoms with van der Waals surface area (Å²) in [5.74, 6) is -1.48. The minimum Gasteiger partial charge on any atom is -0.339 e. The van der Waals surface area contributed by atoms with Crippen molar-refractivity contribution >= 4 is 33.3 Å². The minimum absolute atomic E-state index is 0.0552. The lowest BCUT2D eigenvalue weighted by atomic mass is 10.1. The normalized spacial score (nSPS) is 22.9. The second kappa shape index (κ2) is 6.92. The van der Waals surface area contributed by atoms with Gasteiger partial charge in [0.2, 0.25) is 5.91 Å². The van der Waals surface area contributed by atoms with Crippen LogP contribution in [-0.4, -0.2) is 67.7 Å². The van der Waals surface area contributed by atoms with Crippen molar-refractivity contribution < 1.29 is 22.4 Å². The maximum Gasteiger partial charge on any atom is 0.255 e. The molecule has 0 N–H and O–H groups in total. The monoisotopic (exact) mass is 388 g/mol. The smallest absolute Gasteiger partial charge is 0.255 e. The lowest BCUT2D eigenvalue weighted by Gasteiger charge is -2.36. The highest BCUT2D eigenvalue weighted by Crippen LogP contribution is 2.23. The highest BCUT2D eigenvalue weighted by molar-refractivity contribution is 7.91. The molecule has 9 heteroatoms. The van der Waals surface area contributed by atoms with Gasteiger partial charge in [0.25, 0.3) is 5.91 Å². The van der Waals surface area contributed by atoms with Gasteiger partial charge >= 0.3 is 0 Å². The Labute approximate surface area is 150 Å². The van der Waals surface area contributed by atoms with Gasteiger partial charge in [-0.05, 0) is 24.6 Å². The summed E-state index contributed by atoms with van der Waals surface area (Å²) in [4.78, 5) is 28.1. The van der Waals surface area contributed by atoms with Gasteiger partial charge in [-0.3, -0.25) is 9.59 Å². The van der Waals surface area contributed by atoms with E-state index < -0.39 is 21.6 Å². The average molecular weight is 389 g/mol. The molecule has 1 unspecified atom stereocenters. The zero-order chi connectivity index (χ0) is 18.2. The molecule has 0 bridgehead atoms. The molecule has 1 aromatic rings. The van der Waals surface area contributed by atoms with Gasteiger partial charge in [0.15, 0.2) is 9.84 Å². The van der Waals surface area contributed by atoms with Crippen LogP contribution in [0.2, 0.25) is 5.02 Å². The number of carbonyl (C=O) groups is 2. The third-order valence-electron chi connectivity index (χ3n) is 4.62. The standard InChI is InChI=1S/C16H18ClFN2O4S/c17-14-9-12(18)1-2-13(14)16(22)20-6-4-19(5-7-20)15(21)11-3-8-25(23,24)10-11/h1-2,9,11H,3-8,10H2. The number of benzene rings is 1. The lowest BCUT2D eigenvalue weighted by molar-refractivity contribution is -0.136. The van der Waals surface area contributed by atoms with Gasteiger partial charge in [-0.25, -0.2) is 12.8 Å². The van der Waals surface area contributed by atoms with E-state index in [1.54, 1.807) is 9.80 Å². The van der Waals surface area contributed by atoms with E-state index in [2.05, 4.69) is 0 Å². The maximum absolute atomic E-state index is 13.1. The van der Waals surface area contributed by atoms with E-state index in [4.69, 9.17) is 11.6 Å². The number of hydrogen-bond acceptors (Lipinski definition) is 4. The number of rotatable bonds is 2. The number of carbonyl (C=O) groups excluding carboxylic acids is 2. The molecule has 2 amide bonds. The molecule has 1 atom stereocenters. The molecule has 0 radical (unpaired) electrons. The second-order valence-electron chi connectivity index (χ2n) is 6.34. The fourth-order valence-electron chi connectivity index (χ4n) is 3.21. The van der Waals surface area contributed by atoms with Crippen molar-refractivity contribution in [3.8, 4) is 0 Å². The molecule has 3 rings (SSSR count). The molecule has 1 aromatic carbocycles. The molecule has 2 aliphatic rings. The van der Waals surface area contributed by atoms with E-state index in [1.165, 1.54) is 12.1 Å². The Hall–Kier alpha value is -1.67.